The molecule has 0 radical (unpaired) electrons. The van der Waals surface area contributed by atoms with E-state index in [4.69, 9.17) is 4.74 Å². The van der Waals surface area contributed by atoms with Gasteiger partial charge in [-0.2, -0.15) is 0 Å². The van der Waals surface area contributed by atoms with E-state index in [1.54, 1.807) is 0 Å². The van der Waals surface area contributed by atoms with Crippen LogP contribution in [0.1, 0.15) is 37.1 Å². The molecule has 0 spiro atoms. The number of urea groups is 1. The summed E-state index contributed by atoms with van der Waals surface area (Å²) in [5, 5.41) is 3.59. The number of rotatable bonds is 5. The van der Waals surface area contributed by atoms with E-state index >= 15 is 0 Å². The van der Waals surface area contributed by atoms with Crippen LogP contribution in [0, 0.1) is 0 Å². The zero-order valence-electron chi connectivity index (χ0n) is 14.8. The second kappa shape index (κ2) is 8.45. The monoisotopic (exact) mass is 359 g/mol. The highest BCUT2D eigenvalue weighted by molar-refractivity contribution is 7.15. The number of piperidine rings is 1. The minimum Gasteiger partial charge on any atom is -0.375 e. The number of carbonyl (C=O) groups is 1. The molecule has 1 aliphatic rings. The Kier molecular flexibility index (Phi) is 6.04. The normalized spacial score (nSPS) is 15.6. The maximum Gasteiger partial charge on any atom is 0.323 e. The van der Waals surface area contributed by atoms with E-state index in [-0.39, 0.29) is 18.2 Å². The van der Waals surface area contributed by atoms with Crippen LogP contribution in [-0.4, -0.2) is 41.2 Å². The molecule has 6 heteroatoms. The molecule has 5 nitrogen and oxygen atoms in total. The second-order valence-electron chi connectivity index (χ2n) is 6.60. The molecule has 3 rings (SSSR count). The van der Waals surface area contributed by atoms with Crippen LogP contribution in [0.5, 0.6) is 0 Å². The predicted octanol–water partition coefficient (Wildman–Crippen LogP) is 4.16. The lowest BCUT2D eigenvalue weighted by Crippen LogP contribution is -2.43. The van der Waals surface area contributed by atoms with E-state index in [9.17, 15) is 4.79 Å². The van der Waals surface area contributed by atoms with Crippen LogP contribution >= 0.6 is 11.3 Å². The average molecular weight is 359 g/mol. The van der Waals surface area contributed by atoms with Crippen LogP contribution in [-0.2, 0) is 11.2 Å². The number of likely N-dealkylation sites (tertiary alicyclic amines) is 1. The Morgan fingerprint density at radius 3 is 2.72 bits per heavy atom. The summed E-state index contributed by atoms with van der Waals surface area (Å²) in [5.41, 5.74) is 1.25. The van der Waals surface area contributed by atoms with Gasteiger partial charge in [0.25, 0.3) is 0 Å². The highest BCUT2D eigenvalue weighted by Gasteiger charge is 2.24. The fourth-order valence-corrected chi connectivity index (χ4v) is 3.83. The molecule has 1 aliphatic heterocycles. The number of benzene rings is 1. The van der Waals surface area contributed by atoms with E-state index in [0.717, 1.165) is 37.2 Å². The van der Waals surface area contributed by atoms with Gasteiger partial charge in [-0.1, -0.05) is 30.3 Å². The summed E-state index contributed by atoms with van der Waals surface area (Å²) in [6.07, 6.45) is 4.97. The van der Waals surface area contributed by atoms with Gasteiger partial charge in [-0.05, 0) is 32.3 Å². The lowest BCUT2D eigenvalue weighted by atomic mass is 10.1. The highest BCUT2D eigenvalue weighted by Crippen LogP contribution is 2.22. The highest BCUT2D eigenvalue weighted by atomic mass is 32.1. The smallest absolute Gasteiger partial charge is 0.323 e. The van der Waals surface area contributed by atoms with Crippen molar-refractivity contribution in [3.63, 3.8) is 0 Å². The van der Waals surface area contributed by atoms with Gasteiger partial charge in [-0.25, -0.2) is 9.78 Å². The first kappa shape index (κ1) is 17.9. The van der Waals surface area contributed by atoms with Gasteiger partial charge in [0, 0.05) is 30.6 Å². The molecule has 134 valence electrons. The van der Waals surface area contributed by atoms with Crippen molar-refractivity contribution in [1.29, 1.82) is 0 Å². The molecule has 0 unspecified atom stereocenters. The summed E-state index contributed by atoms with van der Waals surface area (Å²) in [6.45, 7) is 5.56. The Hall–Kier alpha value is -1.92. The zero-order chi connectivity index (χ0) is 17.6. The Bertz CT molecular complexity index is 679. The van der Waals surface area contributed by atoms with Gasteiger partial charge in [0.05, 0.1) is 12.2 Å². The first-order valence-electron chi connectivity index (χ1n) is 8.80. The molecule has 1 fully saturated rings. The maximum absolute atomic E-state index is 12.4. The topological polar surface area (TPSA) is 54.5 Å². The van der Waals surface area contributed by atoms with Crippen molar-refractivity contribution in [1.82, 2.24) is 9.88 Å². The summed E-state index contributed by atoms with van der Waals surface area (Å²) in [6, 6.07) is 10.2. The summed E-state index contributed by atoms with van der Waals surface area (Å²) in [7, 11) is 0. The second-order valence-corrected chi connectivity index (χ2v) is 7.71. The van der Waals surface area contributed by atoms with Crippen molar-refractivity contribution >= 4 is 22.5 Å². The van der Waals surface area contributed by atoms with Crippen LogP contribution in [0.4, 0.5) is 9.93 Å². The van der Waals surface area contributed by atoms with Crippen LogP contribution in [0.25, 0.3) is 0 Å². The van der Waals surface area contributed by atoms with Crippen molar-refractivity contribution in [3.05, 3.63) is 47.0 Å². The van der Waals surface area contributed by atoms with Crippen molar-refractivity contribution < 1.29 is 9.53 Å². The fourth-order valence-electron chi connectivity index (χ4n) is 2.99. The molecule has 2 heterocycles. The Balaban J connectivity index is 1.49. The Labute approximate surface area is 153 Å². The Morgan fingerprint density at radius 2 is 2.04 bits per heavy atom. The molecule has 0 bridgehead atoms. The minimum atomic E-state index is -0.0661. The minimum absolute atomic E-state index is 0.0661. The third kappa shape index (κ3) is 5.28. The molecule has 2 aromatic rings. The molecule has 2 amide bonds. The number of anilines is 1. The number of nitrogens with one attached hydrogen (secondary N) is 1. The molecule has 0 atom stereocenters. The molecular weight excluding hydrogens is 334 g/mol. The molecule has 0 aliphatic carbocycles. The number of nitrogens with zero attached hydrogens (tertiary/aromatic N) is 2. The average Bonchev–Trinajstić information content (AvgIpc) is 3.02. The first-order chi connectivity index (χ1) is 12.1. The van der Waals surface area contributed by atoms with Crippen molar-refractivity contribution in [2.75, 3.05) is 18.4 Å². The fraction of sp³-hybridized carbons (Fsp3) is 0.474. The van der Waals surface area contributed by atoms with E-state index in [2.05, 4.69) is 36.3 Å². The lowest BCUT2D eigenvalue weighted by molar-refractivity contribution is -0.0204. The van der Waals surface area contributed by atoms with E-state index in [1.165, 1.54) is 16.9 Å². The van der Waals surface area contributed by atoms with Gasteiger partial charge >= 0.3 is 6.03 Å². The van der Waals surface area contributed by atoms with Gasteiger partial charge in [0.1, 0.15) is 0 Å². The number of ether oxygens (including phenoxy) is 1. The van der Waals surface area contributed by atoms with Crippen molar-refractivity contribution in [2.45, 2.75) is 45.3 Å². The number of thiazole rings is 1. The molecule has 0 saturated carbocycles. The molecular formula is C19H25N3O2S. The summed E-state index contributed by atoms with van der Waals surface area (Å²) in [4.78, 5) is 19.7. The number of hydrogen-bond acceptors (Lipinski definition) is 4. The van der Waals surface area contributed by atoms with Gasteiger partial charge in [-0.3, -0.25) is 5.32 Å². The van der Waals surface area contributed by atoms with Crippen LogP contribution in [0.15, 0.2) is 36.5 Å². The summed E-state index contributed by atoms with van der Waals surface area (Å²) >= 11 is 1.53. The zero-order valence-corrected chi connectivity index (χ0v) is 15.6. The largest absolute Gasteiger partial charge is 0.375 e. The molecule has 1 N–H and O–H groups in total. The molecule has 1 aromatic carbocycles. The van der Waals surface area contributed by atoms with E-state index in [0.29, 0.717) is 5.13 Å². The summed E-state index contributed by atoms with van der Waals surface area (Å²) < 4.78 is 5.83. The summed E-state index contributed by atoms with van der Waals surface area (Å²) in [5.74, 6) is 0. The standard InChI is InChI=1S/C19H25N3O2S/c1-14(2)24-16-8-10-22(11-9-16)19(23)21-18-20-13-17(25-18)12-15-6-4-3-5-7-15/h3-7,13-14,16H,8-12H2,1-2H3,(H,20,21,23). The maximum atomic E-state index is 12.4. The first-order valence-corrected chi connectivity index (χ1v) is 9.62. The van der Waals surface area contributed by atoms with Gasteiger partial charge in [0.2, 0.25) is 0 Å². The van der Waals surface area contributed by atoms with Gasteiger partial charge in [0.15, 0.2) is 5.13 Å². The molecule has 25 heavy (non-hydrogen) atoms. The van der Waals surface area contributed by atoms with Crippen LogP contribution in [0.2, 0.25) is 0 Å². The number of hydrogen-bond donors (Lipinski definition) is 1. The predicted molar refractivity (Wildman–Crippen MR) is 101 cm³/mol. The number of carbonyl (C=O) groups excluding carboxylic acids is 1. The third-order valence-corrected chi connectivity index (χ3v) is 5.10. The van der Waals surface area contributed by atoms with Gasteiger partial charge < -0.3 is 9.64 Å². The van der Waals surface area contributed by atoms with Crippen LogP contribution < -0.4 is 5.32 Å². The van der Waals surface area contributed by atoms with Crippen LogP contribution in [0.3, 0.4) is 0 Å². The Morgan fingerprint density at radius 1 is 1.32 bits per heavy atom. The van der Waals surface area contributed by atoms with Crippen molar-refractivity contribution in [3.8, 4) is 0 Å². The SMILES string of the molecule is CC(C)OC1CCN(C(=O)Nc2ncc(Cc3ccccc3)s2)CC1. The number of amides is 2. The van der Waals surface area contributed by atoms with E-state index in [1.807, 2.05) is 29.3 Å². The molecule has 1 aromatic heterocycles. The van der Waals surface area contributed by atoms with Crippen molar-refractivity contribution in [2.24, 2.45) is 0 Å². The third-order valence-electron chi connectivity index (χ3n) is 4.18. The van der Waals surface area contributed by atoms with E-state index < -0.39 is 0 Å². The van der Waals surface area contributed by atoms with Gasteiger partial charge in [-0.15, -0.1) is 11.3 Å². The quantitative estimate of drug-likeness (QED) is 0.872. The lowest BCUT2D eigenvalue weighted by Gasteiger charge is -2.32. The number of aromatic nitrogens is 1. The molecule has 1 saturated heterocycles.